The minimum Gasteiger partial charge on any atom is -0.480 e. The molecule has 0 aliphatic rings. The lowest BCUT2D eigenvalue weighted by Crippen LogP contribution is -2.43. The summed E-state index contributed by atoms with van der Waals surface area (Å²) in [4.78, 5) is 10.9. The minimum atomic E-state index is -3.72. The maximum atomic E-state index is 11.6. The highest BCUT2D eigenvalue weighted by atomic mass is 32.2. The number of rotatable bonds is 8. The molecule has 2 N–H and O–H groups in total. The molecule has 0 aliphatic heterocycles. The van der Waals surface area contributed by atoms with E-state index in [2.05, 4.69) is 0 Å². The van der Waals surface area contributed by atoms with Gasteiger partial charge in [0.1, 0.15) is 15.9 Å². The Kier molecular flexibility index (Phi) is 6.24. The van der Waals surface area contributed by atoms with Crippen molar-refractivity contribution in [3.8, 4) is 0 Å². The zero-order valence-electron chi connectivity index (χ0n) is 10.6. The van der Waals surface area contributed by atoms with Crippen molar-refractivity contribution in [3.63, 3.8) is 0 Å². The summed E-state index contributed by atoms with van der Waals surface area (Å²) in [6, 6.07) is -1.41. The number of carboxylic acid groups (broad SMARTS) is 1. The molecule has 0 radical (unpaired) electrons. The van der Waals surface area contributed by atoms with Crippen LogP contribution in [0.15, 0.2) is 0 Å². The smallest absolute Gasteiger partial charge is 0.321 e. The summed E-state index contributed by atoms with van der Waals surface area (Å²) in [5, 5.41) is 8.85. The highest BCUT2D eigenvalue weighted by Crippen LogP contribution is 2.03. The molecule has 0 fully saturated rings. The van der Waals surface area contributed by atoms with E-state index in [0.717, 1.165) is 6.26 Å². The lowest BCUT2D eigenvalue weighted by atomic mass is 10.2. The summed E-state index contributed by atoms with van der Waals surface area (Å²) >= 11 is 0. The van der Waals surface area contributed by atoms with Crippen LogP contribution in [0.2, 0.25) is 0 Å². The number of hydrogen-bond donors (Lipinski definition) is 2. The van der Waals surface area contributed by atoms with E-state index in [0.29, 0.717) is 0 Å². The van der Waals surface area contributed by atoms with E-state index in [4.69, 9.17) is 5.11 Å². The summed E-state index contributed by atoms with van der Waals surface area (Å²) in [5.74, 6) is -2.11. The van der Waals surface area contributed by atoms with E-state index >= 15 is 0 Å². The molecule has 0 rings (SSSR count). The van der Waals surface area contributed by atoms with Gasteiger partial charge in [0.25, 0.3) is 0 Å². The lowest BCUT2D eigenvalue weighted by molar-refractivity contribution is -0.139. The molecule has 0 heterocycles. The van der Waals surface area contributed by atoms with E-state index in [1.165, 1.54) is 0 Å². The van der Waals surface area contributed by atoms with Crippen LogP contribution in [0.25, 0.3) is 0 Å². The van der Waals surface area contributed by atoms with E-state index in [1.54, 1.807) is 13.8 Å². The third-order valence-electron chi connectivity index (χ3n) is 1.95. The van der Waals surface area contributed by atoms with Crippen LogP contribution in [-0.2, 0) is 24.7 Å². The van der Waals surface area contributed by atoms with Crippen molar-refractivity contribution in [3.05, 3.63) is 0 Å². The molecule has 18 heavy (non-hydrogen) atoms. The van der Waals surface area contributed by atoms with Crippen LogP contribution in [0.1, 0.15) is 20.3 Å². The average molecular weight is 301 g/mol. The van der Waals surface area contributed by atoms with Crippen molar-refractivity contribution in [2.45, 2.75) is 26.3 Å². The zero-order chi connectivity index (χ0) is 14.6. The monoisotopic (exact) mass is 301 g/mol. The van der Waals surface area contributed by atoms with Crippen molar-refractivity contribution >= 4 is 25.8 Å². The van der Waals surface area contributed by atoms with Gasteiger partial charge in [-0.2, -0.15) is 0 Å². The Hall–Kier alpha value is -0.670. The molecular weight excluding hydrogens is 282 g/mol. The molecule has 0 amide bonds. The van der Waals surface area contributed by atoms with Crippen molar-refractivity contribution in [1.82, 2.24) is 4.72 Å². The Morgan fingerprint density at radius 2 is 1.72 bits per heavy atom. The van der Waals surface area contributed by atoms with Crippen LogP contribution in [0.3, 0.4) is 0 Å². The molecule has 0 aromatic carbocycles. The predicted octanol–water partition coefficient (Wildman–Crippen LogP) is -0.550. The average Bonchev–Trinajstić information content (AvgIpc) is 2.07. The molecular formula is C9H19NO6S2. The molecule has 0 bridgehead atoms. The summed E-state index contributed by atoms with van der Waals surface area (Å²) in [6.45, 7) is 3.37. The molecule has 108 valence electrons. The van der Waals surface area contributed by atoms with Crippen LogP contribution in [0.4, 0.5) is 0 Å². The van der Waals surface area contributed by atoms with Gasteiger partial charge in [0.05, 0.1) is 11.5 Å². The second-order valence-corrected chi connectivity index (χ2v) is 8.66. The van der Waals surface area contributed by atoms with Crippen LogP contribution in [0.5, 0.6) is 0 Å². The quantitative estimate of drug-likeness (QED) is 0.621. The van der Waals surface area contributed by atoms with Crippen LogP contribution >= 0.6 is 0 Å². The van der Waals surface area contributed by atoms with Gasteiger partial charge in [0.2, 0.25) is 10.0 Å². The molecule has 0 saturated heterocycles. The molecule has 7 nitrogen and oxygen atoms in total. The number of carbonyl (C=O) groups is 1. The normalized spacial score (nSPS) is 14.7. The summed E-state index contributed by atoms with van der Waals surface area (Å²) in [7, 11) is -7.05. The van der Waals surface area contributed by atoms with Gasteiger partial charge in [-0.05, 0) is 12.3 Å². The first-order valence-corrected chi connectivity index (χ1v) is 9.05. The number of nitrogens with one attached hydrogen (secondary N) is 1. The van der Waals surface area contributed by atoms with E-state index in [9.17, 15) is 21.6 Å². The van der Waals surface area contributed by atoms with Gasteiger partial charge < -0.3 is 5.11 Å². The fourth-order valence-corrected chi connectivity index (χ4v) is 3.56. The fourth-order valence-electron chi connectivity index (χ4n) is 1.27. The predicted molar refractivity (Wildman–Crippen MR) is 67.5 cm³/mol. The third kappa shape index (κ3) is 8.43. The van der Waals surface area contributed by atoms with Crippen molar-refractivity contribution < 1.29 is 26.7 Å². The Morgan fingerprint density at radius 1 is 1.22 bits per heavy atom. The van der Waals surface area contributed by atoms with Crippen molar-refractivity contribution in [2.24, 2.45) is 5.92 Å². The Labute approximate surface area is 108 Å². The summed E-state index contributed by atoms with van der Waals surface area (Å²) in [5.41, 5.74) is 0. The summed E-state index contributed by atoms with van der Waals surface area (Å²) < 4.78 is 47.0. The molecule has 0 saturated carbocycles. The summed E-state index contributed by atoms with van der Waals surface area (Å²) in [6.07, 6.45) is 0.681. The zero-order valence-corrected chi connectivity index (χ0v) is 12.2. The first-order chi connectivity index (χ1) is 7.93. The lowest BCUT2D eigenvalue weighted by Gasteiger charge is -2.15. The Morgan fingerprint density at radius 3 is 2.06 bits per heavy atom. The minimum absolute atomic E-state index is 0.146. The topological polar surface area (TPSA) is 118 Å². The standard InChI is InChI=1S/C9H19NO6S2/c1-7(2)6-18(15,16)10-8(9(11)12)4-5-17(3,13)14/h7-8,10H,4-6H2,1-3H3,(H,11,12). The molecule has 1 unspecified atom stereocenters. The highest BCUT2D eigenvalue weighted by Gasteiger charge is 2.25. The van der Waals surface area contributed by atoms with Gasteiger partial charge in [0.15, 0.2) is 0 Å². The molecule has 0 spiro atoms. The van der Waals surface area contributed by atoms with E-state index < -0.39 is 31.9 Å². The number of hydrogen-bond acceptors (Lipinski definition) is 5. The number of sulfonamides is 1. The molecule has 9 heteroatoms. The van der Waals surface area contributed by atoms with Crippen LogP contribution < -0.4 is 4.72 Å². The van der Waals surface area contributed by atoms with Gasteiger partial charge in [0, 0.05) is 6.26 Å². The van der Waals surface area contributed by atoms with E-state index in [1.807, 2.05) is 4.72 Å². The highest BCUT2D eigenvalue weighted by molar-refractivity contribution is 7.90. The number of sulfone groups is 1. The van der Waals surface area contributed by atoms with Gasteiger partial charge in [-0.25, -0.2) is 21.6 Å². The van der Waals surface area contributed by atoms with Crippen molar-refractivity contribution in [1.29, 1.82) is 0 Å². The second kappa shape index (κ2) is 6.48. The molecule has 1 atom stereocenters. The van der Waals surface area contributed by atoms with Crippen LogP contribution in [0, 0.1) is 5.92 Å². The molecule has 0 aromatic rings. The van der Waals surface area contributed by atoms with Gasteiger partial charge >= 0.3 is 5.97 Å². The first-order valence-electron chi connectivity index (χ1n) is 5.33. The molecule has 0 aromatic heterocycles. The Balaban J connectivity index is 4.69. The van der Waals surface area contributed by atoms with Crippen molar-refractivity contribution in [2.75, 3.05) is 17.8 Å². The Bertz CT molecular complexity index is 479. The number of aliphatic carboxylic acids is 1. The molecule has 0 aliphatic carbocycles. The fraction of sp³-hybridized carbons (Fsp3) is 0.889. The second-order valence-electron chi connectivity index (χ2n) is 4.60. The third-order valence-corrected chi connectivity index (χ3v) is 4.68. The maximum absolute atomic E-state index is 11.6. The van der Waals surface area contributed by atoms with Gasteiger partial charge in [-0.15, -0.1) is 0 Å². The first kappa shape index (κ1) is 17.3. The van der Waals surface area contributed by atoms with Gasteiger partial charge in [-0.1, -0.05) is 13.8 Å². The number of carboxylic acids is 1. The maximum Gasteiger partial charge on any atom is 0.321 e. The SMILES string of the molecule is CC(C)CS(=O)(=O)NC(CCS(C)(=O)=O)C(=O)O. The largest absolute Gasteiger partial charge is 0.480 e. The van der Waals surface area contributed by atoms with Gasteiger partial charge in [-0.3, -0.25) is 4.79 Å². The van der Waals surface area contributed by atoms with Crippen LogP contribution in [-0.4, -0.2) is 51.7 Å². The van der Waals surface area contributed by atoms with E-state index in [-0.39, 0.29) is 23.8 Å².